The van der Waals surface area contributed by atoms with E-state index >= 15 is 0 Å². The normalized spacial score (nSPS) is 43.3. The summed E-state index contributed by atoms with van der Waals surface area (Å²) in [5.41, 5.74) is 1.59. The second-order valence-corrected chi connectivity index (χ2v) is 7.21. The molecule has 1 heteroatoms. The van der Waals surface area contributed by atoms with Crippen LogP contribution in [-0.2, 0) is 0 Å². The quantitative estimate of drug-likeness (QED) is 0.736. The molecule has 3 aliphatic rings. The molecule has 2 aliphatic carbocycles. The number of hydrogen-bond acceptors (Lipinski definition) is 1. The molecule has 0 aromatic rings. The molecule has 0 amide bonds. The third-order valence-electron chi connectivity index (χ3n) is 5.73. The summed E-state index contributed by atoms with van der Waals surface area (Å²) in [7, 11) is 0. The predicted octanol–water partition coefficient (Wildman–Crippen LogP) is 4.15. The maximum atomic E-state index is 4.42. The van der Waals surface area contributed by atoms with Crippen molar-refractivity contribution >= 4 is 0 Å². The molecule has 2 saturated carbocycles. The van der Waals surface area contributed by atoms with E-state index < -0.39 is 0 Å². The first kappa shape index (κ1) is 12.7. The Kier molecular flexibility index (Phi) is 3.79. The van der Waals surface area contributed by atoms with Crippen LogP contribution in [0.5, 0.6) is 0 Å². The van der Waals surface area contributed by atoms with E-state index in [-0.39, 0.29) is 0 Å². The Labute approximate surface area is 112 Å². The molecule has 0 aromatic carbocycles. The predicted molar refractivity (Wildman–Crippen MR) is 77.5 cm³/mol. The van der Waals surface area contributed by atoms with Crippen LogP contribution in [0.4, 0.5) is 0 Å². The van der Waals surface area contributed by atoms with E-state index in [1.54, 1.807) is 5.57 Å². The van der Waals surface area contributed by atoms with E-state index in [9.17, 15) is 0 Å². The second-order valence-electron chi connectivity index (χ2n) is 7.21. The van der Waals surface area contributed by atoms with Gasteiger partial charge in [-0.25, -0.2) is 0 Å². The lowest BCUT2D eigenvalue weighted by Crippen LogP contribution is -2.35. The Morgan fingerprint density at radius 1 is 1.11 bits per heavy atom. The molecule has 1 nitrogen and oxygen atoms in total. The van der Waals surface area contributed by atoms with E-state index in [0.29, 0.717) is 0 Å². The third-order valence-corrected chi connectivity index (χ3v) is 5.73. The molecular formula is C17H29N. The Bertz CT molecular complexity index is 309. The van der Waals surface area contributed by atoms with Crippen molar-refractivity contribution in [3.05, 3.63) is 12.2 Å². The van der Waals surface area contributed by atoms with Gasteiger partial charge in [0.1, 0.15) is 0 Å². The maximum Gasteiger partial charge on any atom is 0.00413 e. The fourth-order valence-corrected chi connectivity index (χ4v) is 4.31. The summed E-state index contributed by atoms with van der Waals surface area (Å²) in [6, 6.07) is 0.735. The largest absolute Gasteiger partial charge is 0.314 e. The molecule has 1 N–H and O–H groups in total. The van der Waals surface area contributed by atoms with Crippen LogP contribution in [0.3, 0.4) is 0 Å². The number of hydrogen-bond donors (Lipinski definition) is 1. The molecule has 102 valence electrons. The van der Waals surface area contributed by atoms with Crippen LogP contribution in [0, 0.1) is 23.7 Å². The lowest BCUT2D eigenvalue weighted by Gasteiger charge is -2.29. The van der Waals surface area contributed by atoms with E-state index in [4.69, 9.17) is 0 Å². The molecule has 3 fully saturated rings. The van der Waals surface area contributed by atoms with Gasteiger partial charge in [0.15, 0.2) is 0 Å². The fraction of sp³-hybridized carbons (Fsp3) is 0.882. The Morgan fingerprint density at radius 2 is 2.00 bits per heavy atom. The Hall–Kier alpha value is -0.300. The maximum absolute atomic E-state index is 4.42. The first-order valence-electron chi connectivity index (χ1n) is 8.13. The molecular weight excluding hydrogens is 218 g/mol. The van der Waals surface area contributed by atoms with Crippen LogP contribution < -0.4 is 5.32 Å². The van der Waals surface area contributed by atoms with Gasteiger partial charge in [-0.05, 0) is 88.5 Å². The van der Waals surface area contributed by atoms with Crippen molar-refractivity contribution in [3.63, 3.8) is 0 Å². The zero-order valence-corrected chi connectivity index (χ0v) is 12.0. The Morgan fingerprint density at radius 3 is 2.78 bits per heavy atom. The lowest BCUT2D eigenvalue weighted by atomic mass is 9.80. The van der Waals surface area contributed by atoms with Crippen molar-refractivity contribution in [1.82, 2.24) is 5.32 Å². The number of allylic oxidation sites excluding steroid dienone is 1. The average Bonchev–Trinajstić information content (AvgIpc) is 3.14. The smallest absolute Gasteiger partial charge is 0.00413 e. The summed E-state index contributed by atoms with van der Waals surface area (Å²) in [6.07, 6.45) is 11.4. The highest BCUT2D eigenvalue weighted by molar-refractivity contribution is 5.07. The average molecular weight is 247 g/mol. The number of fused-ring (bicyclic) bond motifs is 1. The molecule has 0 bridgehead atoms. The van der Waals surface area contributed by atoms with Crippen LogP contribution in [0.25, 0.3) is 0 Å². The summed E-state index contributed by atoms with van der Waals surface area (Å²) in [5.74, 6) is 4.06. The summed E-state index contributed by atoms with van der Waals surface area (Å²) in [6.45, 7) is 7.98. The van der Waals surface area contributed by atoms with Crippen molar-refractivity contribution in [3.8, 4) is 0 Å². The molecule has 3 rings (SSSR count). The minimum absolute atomic E-state index is 0.735. The molecule has 0 spiro atoms. The monoisotopic (exact) mass is 247 g/mol. The molecule has 5 unspecified atom stereocenters. The molecule has 1 saturated heterocycles. The highest BCUT2D eigenvalue weighted by atomic mass is 14.9. The standard InChI is InChI=1S/C17H29N/c1-12(15-5-6-16-11-17(16)10-15)3-4-14-7-8-18-13(2)9-14/h13-18H,1,3-11H2,2H3. The first-order chi connectivity index (χ1) is 8.72. The van der Waals surface area contributed by atoms with Gasteiger partial charge < -0.3 is 5.32 Å². The van der Waals surface area contributed by atoms with Crippen molar-refractivity contribution < 1.29 is 0 Å². The summed E-state index contributed by atoms with van der Waals surface area (Å²) >= 11 is 0. The highest BCUT2D eigenvalue weighted by Gasteiger charge is 2.42. The summed E-state index contributed by atoms with van der Waals surface area (Å²) in [4.78, 5) is 0. The van der Waals surface area contributed by atoms with Gasteiger partial charge in [0.05, 0.1) is 0 Å². The van der Waals surface area contributed by atoms with Gasteiger partial charge in [-0.3, -0.25) is 0 Å². The van der Waals surface area contributed by atoms with Gasteiger partial charge in [0, 0.05) is 6.04 Å². The number of rotatable bonds is 4. The van der Waals surface area contributed by atoms with Crippen LogP contribution in [0.2, 0.25) is 0 Å². The first-order valence-corrected chi connectivity index (χ1v) is 8.13. The van der Waals surface area contributed by atoms with E-state index in [0.717, 1.165) is 29.7 Å². The van der Waals surface area contributed by atoms with Crippen LogP contribution in [0.15, 0.2) is 12.2 Å². The molecule has 0 radical (unpaired) electrons. The van der Waals surface area contributed by atoms with E-state index in [1.165, 1.54) is 57.9 Å². The third kappa shape index (κ3) is 2.99. The minimum atomic E-state index is 0.735. The van der Waals surface area contributed by atoms with Crippen LogP contribution >= 0.6 is 0 Å². The van der Waals surface area contributed by atoms with Crippen molar-refractivity contribution in [2.45, 2.75) is 64.3 Å². The number of nitrogens with one attached hydrogen (secondary N) is 1. The molecule has 18 heavy (non-hydrogen) atoms. The fourth-order valence-electron chi connectivity index (χ4n) is 4.31. The topological polar surface area (TPSA) is 12.0 Å². The van der Waals surface area contributed by atoms with Crippen LogP contribution in [-0.4, -0.2) is 12.6 Å². The van der Waals surface area contributed by atoms with E-state index in [1.807, 2.05) is 0 Å². The zero-order valence-electron chi connectivity index (χ0n) is 12.0. The summed E-state index contributed by atoms with van der Waals surface area (Å²) < 4.78 is 0. The number of piperidine rings is 1. The van der Waals surface area contributed by atoms with E-state index in [2.05, 4.69) is 18.8 Å². The second kappa shape index (κ2) is 5.36. The Balaban J connectivity index is 1.40. The molecule has 1 aliphatic heterocycles. The van der Waals surface area contributed by atoms with Gasteiger partial charge in [-0.15, -0.1) is 0 Å². The zero-order chi connectivity index (χ0) is 12.5. The SMILES string of the molecule is C=C(CCC1CCNC(C)C1)C1CCC2CC2C1. The van der Waals surface area contributed by atoms with Gasteiger partial charge in [0.2, 0.25) is 0 Å². The van der Waals surface area contributed by atoms with Crippen LogP contribution in [0.1, 0.15) is 58.3 Å². The van der Waals surface area contributed by atoms with Crippen molar-refractivity contribution in [2.24, 2.45) is 23.7 Å². The van der Waals surface area contributed by atoms with Crippen molar-refractivity contribution in [1.29, 1.82) is 0 Å². The summed E-state index contributed by atoms with van der Waals surface area (Å²) in [5, 5.41) is 3.55. The molecule has 0 aromatic heterocycles. The van der Waals surface area contributed by atoms with Gasteiger partial charge in [-0.1, -0.05) is 12.2 Å². The van der Waals surface area contributed by atoms with Gasteiger partial charge >= 0.3 is 0 Å². The highest BCUT2D eigenvalue weighted by Crippen LogP contribution is 2.53. The molecule has 1 heterocycles. The molecule has 5 atom stereocenters. The lowest BCUT2D eigenvalue weighted by molar-refractivity contribution is 0.294. The minimum Gasteiger partial charge on any atom is -0.314 e. The van der Waals surface area contributed by atoms with Gasteiger partial charge in [0.25, 0.3) is 0 Å². The van der Waals surface area contributed by atoms with Gasteiger partial charge in [-0.2, -0.15) is 0 Å². The van der Waals surface area contributed by atoms with Crippen molar-refractivity contribution in [2.75, 3.05) is 6.54 Å².